The molecule has 30 heavy (non-hydrogen) atoms. The van der Waals surface area contributed by atoms with E-state index in [0.29, 0.717) is 0 Å². The monoisotopic (exact) mass is 421 g/mol. The van der Waals surface area contributed by atoms with Crippen LogP contribution < -0.4 is 0 Å². The number of quaternary nitrogens is 1. The van der Waals surface area contributed by atoms with Gasteiger partial charge in [0, 0.05) is 13.3 Å². The van der Waals surface area contributed by atoms with Crippen LogP contribution in [0.15, 0.2) is 17.1 Å². The van der Waals surface area contributed by atoms with Gasteiger partial charge in [0.1, 0.15) is 6.54 Å². The fourth-order valence-corrected chi connectivity index (χ4v) is 4.85. The van der Waals surface area contributed by atoms with E-state index in [1.54, 1.807) is 0 Å². The smallest absolute Gasteiger partial charge is 0.189 e. The third kappa shape index (κ3) is 11.1. The Kier molecular flexibility index (Phi) is 16.4. The van der Waals surface area contributed by atoms with Crippen LogP contribution in [0, 0.1) is 0 Å². The first-order valence-electron chi connectivity index (χ1n) is 13.4. The van der Waals surface area contributed by atoms with Gasteiger partial charge in [0.25, 0.3) is 0 Å². The van der Waals surface area contributed by atoms with Crippen LogP contribution in [-0.4, -0.2) is 41.3 Å². The highest BCUT2D eigenvalue weighted by molar-refractivity contribution is 5.60. The molecule has 0 saturated carbocycles. The van der Waals surface area contributed by atoms with Gasteiger partial charge in [-0.05, 0) is 32.6 Å². The van der Waals surface area contributed by atoms with Crippen molar-refractivity contribution in [3.8, 4) is 0 Å². The third-order valence-electron chi connectivity index (χ3n) is 7.08. The van der Waals surface area contributed by atoms with E-state index in [0.717, 1.165) is 24.0 Å². The fourth-order valence-electron chi connectivity index (χ4n) is 4.85. The highest BCUT2D eigenvalue weighted by Gasteiger charge is 2.41. The molecule has 0 bridgehead atoms. The minimum atomic E-state index is -0.310. The van der Waals surface area contributed by atoms with E-state index in [-0.39, 0.29) is 12.4 Å². The Hall–Kier alpha value is -0.670. The average Bonchev–Trinajstić information content (AvgIpc) is 3.17. The van der Waals surface area contributed by atoms with Crippen molar-refractivity contribution in [2.75, 3.05) is 13.1 Å². The SMILES string of the molecule is CCC/C=C/CCCCCCCCCCCCCCCC1N=CC[N+]1(CC)C(C)O. The van der Waals surface area contributed by atoms with Crippen LogP contribution in [0.5, 0.6) is 0 Å². The first-order chi connectivity index (χ1) is 14.7. The molecule has 3 unspecified atom stereocenters. The Morgan fingerprint density at radius 1 is 0.833 bits per heavy atom. The van der Waals surface area contributed by atoms with Gasteiger partial charge in [-0.2, -0.15) is 0 Å². The molecule has 0 aromatic heterocycles. The van der Waals surface area contributed by atoms with E-state index in [2.05, 4.69) is 31.0 Å². The lowest BCUT2D eigenvalue weighted by Gasteiger charge is -2.40. The summed E-state index contributed by atoms with van der Waals surface area (Å²) >= 11 is 0. The Bertz CT molecular complexity index is 446. The predicted molar refractivity (Wildman–Crippen MR) is 133 cm³/mol. The van der Waals surface area contributed by atoms with Gasteiger partial charge in [0.2, 0.25) is 0 Å². The van der Waals surface area contributed by atoms with Gasteiger partial charge < -0.3 is 5.11 Å². The van der Waals surface area contributed by atoms with Crippen molar-refractivity contribution < 1.29 is 9.59 Å². The minimum Gasteiger partial charge on any atom is -0.345 e. The quantitative estimate of drug-likeness (QED) is 0.121. The van der Waals surface area contributed by atoms with Gasteiger partial charge in [-0.3, -0.25) is 4.48 Å². The standard InChI is InChI=1S/C27H53N2O/c1-4-6-7-8-9-10-11-12-13-14-15-16-17-18-19-20-21-22-23-27-28-24-25-29(27,5-2)26(3)30/h7-8,24,26-27,30H,4-6,9-23,25H2,1-3H3/q+1/b8-7+. The van der Waals surface area contributed by atoms with Gasteiger partial charge in [0.05, 0.1) is 12.8 Å². The summed E-state index contributed by atoms with van der Waals surface area (Å²) in [7, 11) is 0. The van der Waals surface area contributed by atoms with E-state index < -0.39 is 0 Å². The second-order valence-corrected chi connectivity index (χ2v) is 9.48. The van der Waals surface area contributed by atoms with E-state index in [9.17, 15) is 5.11 Å². The zero-order valence-electron chi connectivity index (χ0n) is 20.7. The number of aliphatic imine (C=N–C) groups is 1. The zero-order valence-corrected chi connectivity index (χ0v) is 20.7. The van der Waals surface area contributed by atoms with Crippen molar-refractivity contribution in [3.63, 3.8) is 0 Å². The Morgan fingerprint density at radius 3 is 1.83 bits per heavy atom. The van der Waals surface area contributed by atoms with E-state index >= 15 is 0 Å². The second kappa shape index (κ2) is 18.0. The molecule has 0 aromatic carbocycles. The highest BCUT2D eigenvalue weighted by atomic mass is 16.3. The van der Waals surface area contributed by atoms with E-state index in [4.69, 9.17) is 0 Å². The number of aliphatic hydroxyl groups is 1. The van der Waals surface area contributed by atoms with Crippen molar-refractivity contribution in [1.29, 1.82) is 0 Å². The van der Waals surface area contributed by atoms with Crippen LogP contribution >= 0.6 is 0 Å². The van der Waals surface area contributed by atoms with Gasteiger partial charge in [0.15, 0.2) is 12.4 Å². The number of allylic oxidation sites excluding steroid dienone is 2. The number of hydrogen-bond acceptors (Lipinski definition) is 2. The molecular formula is C27H53N2O+. The molecule has 0 spiro atoms. The van der Waals surface area contributed by atoms with Crippen LogP contribution in [0.4, 0.5) is 0 Å². The van der Waals surface area contributed by atoms with Gasteiger partial charge in [-0.15, -0.1) is 0 Å². The second-order valence-electron chi connectivity index (χ2n) is 9.48. The lowest BCUT2D eigenvalue weighted by atomic mass is 10.0. The highest BCUT2D eigenvalue weighted by Crippen LogP contribution is 2.26. The molecular weight excluding hydrogens is 368 g/mol. The number of nitrogens with zero attached hydrogens (tertiary/aromatic N) is 2. The van der Waals surface area contributed by atoms with Crippen molar-refractivity contribution in [2.24, 2.45) is 4.99 Å². The summed E-state index contributed by atoms with van der Waals surface area (Å²) in [5.74, 6) is 0. The number of unbranched alkanes of at least 4 members (excludes halogenated alkanes) is 14. The van der Waals surface area contributed by atoms with E-state index in [1.165, 1.54) is 103 Å². The molecule has 176 valence electrons. The summed E-state index contributed by atoms with van der Waals surface area (Å²) in [6.07, 6.45) is 29.8. The maximum atomic E-state index is 10.2. The summed E-state index contributed by atoms with van der Waals surface area (Å²) in [5.41, 5.74) is 0. The Balaban J connectivity index is 1.84. The first-order valence-corrected chi connectivity index (χ1v) is 13.4. The average molecular weight is 422 g/mol. The summed E-state index contributed by atoms with van der Waals surface area (Å²) in [6, 6.07) is 0. The van der Waals surface area contributed by atoms with Gasteiger partial charge >= 0.3 is 0 Å². The van der Waals surface area contributed by atoms with Crippen molar-refractivity contribution in [3.05, 3.63) is 12.2 Å². The normalized spacial score (nSPS) is 22.3. The molecule has 0 aliphatic carbocycles. The summed E-state index contributed by atoms with van der Waals surface area (Å²) in [6.45, 7) is 8.22. The van der Waals surface area contributed by atoms with Gasteiger partial charge in [-0.25, -0.2) is 4.99 Å². The molecule has 3 heteroatoms. The third-order valence-corrected chi connectivity index (χ3v) is 7.08. The minimum absolute atomic E-state index is 0.285. The first kappa shape index (κ1) is 27.4. The van der Waals surface area contributed by atoms with E-state index in [1.807, 2.05) is 13.1 Å². The van der Waals surface area contributed by atoms with Crippen LogP contribution in [0.3, 0.4) is 0 Å². The topological polar surface area (TPSA) is 32.6 Å². The van der Waals surface area contributed by atoms with Crippen molar-refractivity contribution in [1.82, 2.24) is 0 Å². The summed E-state index contributed by atoms with van der Waals surface area (Å²) in [5, 5.41) is 10.2. The molecule has 1 aliphatic heterocycles. The largest absolute Gasteiger partial charge is 0.345 e. The molecule has 1 rings (SSSR count). The number of hydrogen-bond donors (Lipinski definition) is 1. The lowest BCUT2D eigenvalue weighted by molar-refractivity contribution is -0.976. The molecule has 0 fully saturated rings. The Labute approximate surface area is 188 Å². The van der Waals surface area contributed by atoms with Crippen molar-refractivity contribution >= 4 is 6.21 Å². The van der Waals surface area contributed by atoms with Crippen LogP contribution in [-0.2, 0) is 0 Å². The molecule has 0 saturated heterocycles. The summed E-state index contributed by atoms with van der Waals surface area (Å²) < 4.78 is 0.746. The number of rotatable bonds is 20. The van der Waals surface area contributed by atoms with Crippen LogP contribution in [0.2, 0.25) is 0 Å². The predicted octanol–water partition coefficient (Wildman–Crippen LogP) is 7.78. The maximum absolute atomic E-state index is 10.2. The molecule has 3 nitrogen and oxygen atoms in total. The molecule has 0 amide bonds. The molecule has 1 heterocycles. The molecule has 0 aromatic rings. The molecule has 3 atom stereocenters. The van der Waals surface area contributed by atoms with Gasteiger partial charge in [-0.1, -0.05) is 96.1 Å². The maximum Gasteiger partial charge on any atom is 0.189 e. The van der Waals surface area contributed by atoms with Crippen molar-refractivity contribution in [2.45, 2.75) is 142 Å². The lowest BCUT2D eigenvalue weighted by Crippen LogP contribution is -2.57. The van der Waals surface area contributed by atoms with Crippen LogP contribution in [0.25, 0.3) is 0 Å². The van der Waals surface area contributed by atoms with Crippen LogP contribution in [0.1, 0.15) is 130 Å². The summed E-state index contributed by atoms with van der Waals surface area (Å²) in [4.78, 5) is 4.68. The molecule has 1 aliphatic rings. The Morgan fingerprint density at radius 2 is 1.33 bits per heavy atom. The zero-order chi connectivity index (χ0) is 21.9. The fraction of sp³-hybridized carbons (Fsp3) is 0.889. The molecule has 0 radical (unpaired) electrons. The molecule has 1 N–H and O–H groups in total. The number of aliphatic hydroxyl groups excluding tert-OH is 1.